The molecule has 1 aliphatic carbocycles. The largest absolute Gasteiger partial charge is 0.477 e. The first-order valence-electron chi connectivity index (χ1n) is 6.29. The SMILES string of the molecule is O=C(O)c1cn2nc(C3CCCCC3)sc2nc1=O. The molecule has 2 aromatic heterocycles. The van der Waals surface area contributed by atoms with Crippen LogP contribution < -0.4 is 5.56 Å². The monoisotopic (exact) mass is 279 g/mol. The number of hydrogen-bond acceptors (Lipinski definition) is 5. The summed E-state index contributed by atoms with van der Waals surface area (Å²) >= 11 is 1.39. The first kappa shape index (κ1) is 12.3. The maximum absolute atomic E-state index is 11.5. The summed E-state index contributed by atoms with van der Waals surface area (Å²) in [6, 6.07) is 0. The van der Waals surface area contributed by atoms with Gasteiger partial charge in [-0.3, -0.25) is 4.79 Å². The van der Waals surface area contributed by atoms with Gasteiger partial charge in [-0.05, 0) is 12.8 Å². The number of carboxylic acid groups (broad SMARTS) is 1. The summed E-state index contributed by atoms with van der Waals surface area (Å²) in [5.74, 6) is -0.844. The van der Waals surface area contributed by atoms with Crippen molar-refractivity contribution in [1.29, 1.82) is 0 Å². The number of aromatic carboxylic acids is 1. The van der Waals surface area contributed by atoms with Crippen LogP contribution in [0.1, 0.15) is 53.4 Å². The number of nitrogens with zero attached hydrogens (tertiary/aromatic N) is 3. The van der Waals surface area contributed by atoms with Crippen LogP contribution in [0.5, 0.6) is 0 Å². The van der Waals surface area contributed by atoms with E-state index in [2.05, 4.69) is 10.1 Å². The van der Waals surface area contributed by atoms with Crippen molar-refractivity contribution in [1.82, 2.24) is 14.6 Å². The third-order valence-corrected chi connectivity index (χ3v) is 4.55. The van der Waals surface area contributed by atoms with Gasteiger partial charge in [-0.2, -0.15) is 10.1 Å². The molecule has 3 rings (SSSR count). The second kappa shape index (κ2) is 4.73. The Balaban J connectivity index is 2.05. The van der Waals surface area contributed by atoms with Gasteiger partial charge < -0.3 is 5.11 Å². The van der Waals surface area contributed by atoms with E-state index in [1.165, 1.54) is 41.3 Å². The Bertz CT molecular complexity index is 685. The van der Waals surface area contributed by atoms with E-state index in [0.717, 1.165) is 17.8 Å². The van der Waals surface area contributed by atoms with Gasteiger partial charge in [-0.25, -0.2) is 9.31 Å². The van der Waals surface area contributed by atoms with E-state index < -0.39 is 11.5 Å². The van der Waals surface area contributed by atoms with Gasteiger partial charge in [-0.1, -0.05) is 30.6 Å². The van der Waals surface area contributed by atoms with Crippen molar-refractivity contribution < 1.29 is 9.90 Å². The van der Waals surface area contributed by atoms with Gasteiger partial charge in [0.1, 0.15) is 10.6 Å². The molecule has 1 saturated carbocycles. The first-order valence-corrected chi connectivity index (χ1v) is 7.10. The normalized spacial score (nSPS) is 16.8. The Morgan fingerprint density at radius 2 is 2.11 bits per heavy atom. The minimum Gasteiger partial charge on any atom is -0.477 e. The summed E-state index contributed by atoms with van der Waals surface area (Å²) in [6.45, 7) is 0. The Kier molecular flexibility index (Phi) is 3.06. The Morgan fingerprint density at radius 3 is 2.79 bits per heavy atom. The van der Waals surface area contributed by atoms with E-state index in [-0.39, 0.29) is 5.56 Å². The summed E-state index contributed by atoms with van der Waals surface area (Å²) < 4.78 is 1.42. The highest BCUT2D eigenvalue weighted by atomic mass is 32.1. The van der Waals surface area contributed by atoms with E-state index in [1.807, 2.05) is 0 Å². The quantitative estimate of drug-likeness (QED) is 0.907. The molecular formula is C12H13N3O3S. The van der Waals surface area contributed by atoms with Crippen molar-refractivity contribution in [3.8, 4) is 0 Å². The van der Waals surface area contributed by atoms with Gasteiger partial charge in [0.2, 0.25) is 4.96 Å². The average molecular weight is 279 g/mol. The van der Waals surface area contributed by atoms with Crippen LogP contribution in [-0.4, -0.2) is 25.7 Å². The molecule has 0 atom stereocenters. The van der Waals surface area contributed by atoms with Gasteiger partial charge in [0, 0.05) is 5.92 Å². The third kappa shape index (κ3) is 2.25. The Labute approximate surface area is 112 Å². The molecule has 0 aromatic carbocycles. The number of rotatable bonds is 2. The molecule has 0 radical (unpaired) electrons. The lowest BCUT2D eigenvalue weighted by molar-refractivity contribution is 0.0694. The molecule has 0 amide bonds. The van der Waals surface area contributed by atoms with Crippen molar-refractivity contribution in [2.45, 2.75) is 38.0 Å². The zero-order valence-corrected chi connectivity index (χ0v) is 11.0. The fourth-order valence-corrected chi connectivity index (χ4v) is 3.49. The van der Waals surface area contributed by atoms with E-state index in [9.17, 15) is 9.59 Å². The molecule has 1 fully saturated rings. The standard InChI is InChI=1S/C12H13N3O3S/c16-9-8(11(17)18)6-15-12(13-9)19-10(14-15)7-4-2-1-3-5-7/h6-7H,1-5H2,(H,17,18). The predicted molar refractivity (Wildman–Crippen MR) is 69.9 cm³/mol. The smallest absolute Gasteiger partial charge is 0.343 e. The molecule has 1 aliphatic rings. The van der Waals surface area contributed by atoms with Crippen LogP contribution in [0.15, 0.2) is 11.0 Å². The van der Waals surface area contributed by atoms with E-state index in [0.29, 0.717) is 10.9 Å². The van der Waals surface area contributed by atoms with Crippen molar-refractivity contribution in [3.05, 3.63) is 27.1 Å². The number of fused-ring (bicyclic) bond motifs is 1. The maximum Gasteiger partial charge on any atom is 0.343 e. The van der Waals surface area contributed by atoms with Crippen LogP contribution in [0.2, 0.25) is 0 Å². The lowest BCUT2D eigenvalue weighted by atomic mass is 9.90. The molecule has 2 aromatic rings. The fourth-order valence-electron chi connectivity index (χ4n) is 2.45. The molecule has 0 bridgehead atoms. The fraction of sp³-hybridized carbons (Fsp3) is 0.500. The number of carbonyl (C=O) groups is 1. The molecule has 6 nitrogen and oxygen atoms in total. The van der Waals surface area contributed by atoms with Crippen LogP contribution in [-0.2, 0) is 0 Å². The van der Waals surface area contributed by atoms with Crippen LogP contribution in [0, 0.1) is 0 Å². The molecule has 100 valence electrons. The lowest BCUT2D eigenvalue weighted by Crippen LogP contribution is -2.18. The average Bonchev–Trinajstić information content (AvgIpc) is 2.81. The molecule has 0 unspecified atom stereocenters. The zero-order chi connectivity index (χ0) is 13.4. The van der Waals surface area contributed by atoms with E-state index in [4.69, 9.17) is 5.11 Å². The van der Waals surface area contributed by atoms with Crippen molar-refractivity contribution in [2.24, 2.45) is 0 Å². The molecule has 0 spiro atoms. The summed E-state index contributed by atoms with van der Waals surface area (Å²) in [7, 11) is 0. The minimum absolute atomic E-state index is 0.335. The first-order chi connectivity index (χ1) is 9.15. The number of aromatic nitrogens is 3. The maximum atomic E-state index is 11.5. The van der Waals surface area contributed by atoms with Gasteiger partial charge >= 0.3 is 5.97 Å². The van der Waals surface area contributed by atoms with Gasteiger partial charge in [0.25, 0.3) is 5.56 Å². The van der Waals surface area contributed by atoms with Crippen LogP contribution in [0.4, 0.5) is 0 Å². The van der Waals surface area contributed by atoms with E-state index >= 15 is 0 Å². The van der Waals surface area contributed by atoms with Crippen LogP contribution in [0.3, 0.4) is 0 Å². The third-order valence-electron chi connectivity index (χ3n) is 3.46. The molecule has 0 aliphatic heterocycles. The van der Waals surface area contributed by atoms with Gasteiger partial charge in [0.15, 0.2) is 0 Å². The number of carboxylic acids is 1. The van der Waals surface area contributed by atoms with Gasteiger partial charge in [0.05, 0.1) is 6.20 Å². The summed E-state index contributed by atoms with van der Waals surface area (Å²) in [5, 5.41) is 14.2. The Hall–Kier alpha value is -1.76. The molecule has 19 heavy (non-hydrogen) atoms. The highest BCUT2D eigenvalue weighted by Crippen LogP contribution is 2.34. The second-order valence-corrected chi connectivity index (χ2v) is 5.75. The zero-order valence-electron chi connectivity index (χ0n) is 10.2. The highest BCUT2D eigenvalue weighted by molar-refractivity contribution is 7.16. The molecule has 2 heterocycles. The highest BCUT2D eigenvalue weighted by Gasteiger charge is 2.21. The minimum atomic E-state index is -1.26. The summed E-state index contributed by atoms with van der Waals surface area (Å²) in [5.41, 5.74) is -1.04. The van der Waals surface area contributed by atoms with Crippen molar-refractivity contribution in [3.63, 3.8) is 0 Å². The van der Waals surface area contributed by atoms with Crippen molar-refractivity contribution in [2.75, 3.05) is 0 Å². The van der Waals surface area contributed by atoms with Crippen molar-refractivity contribution >= 4 is 22.3 Å². The van der Waals surface area contributed by atoms with Crippen LogP contribution >= 0.6 is 11.3 Å². The van der Waals surface area contributed by atoms with Crippen LogP contribution in [0.25, 0.3) is 4.96 Å². The summed E-state index contributed by atoms with van der Waals surface area (Å²) in [4.78, 5) is 26.7. The lowest BCUT2D eigenvalue weighted by Gasteiger charge is -2.18. The molecule has 0 saturated heterocycles. The number of hydrogen-bond donors (Lipinski definition) is 1. The van der Waals surface area contributed by atoms with Gasteiger partial charge in [-0.15, -0.1) is 0 Å². The Morgan fingerprint density at radius 1 is 1.37 bits per heavy atom. The molecule has 1 N–H and O–H groups in total. The van der Waals surface area contributed by atoms with E-state index in [1.54, 1.807) is 0 Å². The molecule has 7 heteroatoms. The molecular weight excluding hydrogens is 266 g/mol. The second-order valence-electron chi connectivity index (χ2n) is 4.77. The topological polar surface area (TPSA) is 84.6 Å². The predicted octanol–water partition coefficient (Wildman–Crippen LogP) is 1.90. The summed E-state index contributed by atoms with van der Waals surface area (Å²) in [6.07, 6.45) is 7.14.